The van der Waals surface area contributed by atoms with E-state index in [0.717, 1.165) is 26.1 Å². The van der Waals surface area contributed by atoms with E-state index in [-0.39, 0.29) is 0 Å². The Morgan fingerprint density at radius 1 is 1.26 bits per heavy atom. The molecule has 1 heterocycles. The quantitative estimate of drug-likeness (QED) is 0.770. The molecule has 1 aromatic heterocycles. The molecule has 1 fully saturated rings. The summed E-state index contributed by atoms with van der Waals surface area (Å²) in [6.07, 6.45) is 10.8. The van der Waals surface area contributed by atoms with Crippen molar-refractivity contribution in [2.75, 3.05) is 13.1 Å². The number of aromatic nitrogens is 3. The standard InChI is InChI=1S/C15H28N4/c1-3-10-16-12-15(8-6-5-7-9-15)11-14-17-13-18-19(14)4-2/h13,16H,3-12H2,1-2H3. The molecule has 0 radical (unpaired) electrons. The van der Waals surface area contributed by atoms with Gasteiger partial charge in [-0.15, -0.1) is 0 Å². The lowest BCUT2D eigenvalue weighted by molar-refractivity contribution is 0.175. The smallest absolute Gasteiger partial charge is 0.138 e. The van der Waals surface area contributed by atoms with Gasteiger partial charge in [0.05, 0.1) is 0 Å². The summed E-state index contributed by atoms with van der Waals surface area (Å²) in [6, 6.07) is 0. The highest BCUT2D eigenvalue weighted by Gasteiger charge is 2.33. The number of nitrogens with one attached hydrogen (secondary N) is 1. The van der Waals surface area contributed by atoms with Crippen LogP contribution in [0.15, 0.2) is 6.33 Å². The molecule has 1 aliphatic carbocycles. The Kier molecular flexibility index (Phi) is 5.37. The van der Waals surface area contributed by atoms with E-state index in [2.05, 4.69) is 33.9 Å². The average molecular weight is 264 g/mol. The topological polar surface area (TPSA) is 42.7 Å². The van der Waals surface area contributed by atoms with Gasteiger partial charge in [-0.1, -0.05) is 26.2 Å². The first-order chi connectivity index (χ1) is 9.29. The molecule has 0 unspecified atom stereocenters. The molecule has 4 nitrogen and oxygen atoms in total. The van der Waals surface area contributed by atoms with Crippen LogP contribution in [0.5, 0.6) is 0 Å². The first-order valence-corrected chi connectivity index (χ1v) is 7.87. The molecule has 0 aliphatic heterocycles. The summed E-state index contributed by atoms with van der Waals surface area (Å²) in [5.74, 6) is 1.17. The second kappa shape index (κ2) is 7.04. The number of aryl methyl sites for hydroxylation is 1. The van der Waals surface area contributed by atoms with Crippen LogP contribution in [0.4, 0.5) is 0 Å². The van der Waals surface area contributed by atoms with E-state index >= 15 is 0 Å². The predicted molar refractivity (Wildman–Crippen MR) is 78.1 cm³/mol. The molecule has 1 N–H and O–H groups in total. The van der Waals surface area contributed by atoms with Crippen LogP contribution in [0, 0.1) is 5.41 Å². The summed E-state index contributed by atoms with van der Waals surface area (Å²) in [7, 11) is 0. The Bertz CT molecular complexity index is 366. The zero-order valence-corrected chi connectivity index (χ0v) is 12.5. The van der Waals surface area contributed by atoms with Crippen molar-refractivity contribution in [2.45, 2.75) is 65.3 Å². The van der Waals surface area contributed by atoms with Crippen molar-refractivity contribution >= 4 is 0 Å². The van der Waals surface area contributed by atoms with Crippen LogP contribution in [-0.2, 0) is 13.0 Å². The van der Waals surface area contributed by atoms with Crippen molar-refractivity contribution in [3.05, 3.63) is 12.2 Å². The monoisotopic (exact) mass is 264 g/mol. The lowest BCUT2D eigenvalue weighted by Gasteiger charge is -2.37. The Morgan fingerprint density at radius 2 is 2.05 bits per heavy atom. The molecule has 1 aromatic rings. The Hall–Kier alpha value is -0.900. The normalized spacial score (nSPS) is 18.6. The molecule has 1 saturated carbocycles. The first-order valence-electron chi connectivity index (χ1n) is 7.87. The minimum absolute atomic E-state index is 0.410. The maximum atomic E-state index is 4.48. The van der Waals surface area contributed by atoms with Crippen molar-refractivity contribution < 1.29 is 0 Å². The molecule has 0 atom stereocenters. The van der Waals surface area contributed by atoms with Crippen LogP contribution < -0.4 is 5.32 Å². The lowest BCUT2D eigenvalue weighted by atomic mass is 9.71. The van der Waals surface area contributed by atoms with Gasteiger partial charge in [-0.25, -0.2) is 4.98 Å². The fourth-order valence-electron chi connectivity index (χ4n) is 3.27. The highest BCUT2D eigenvalue weighted by atomic mass is 15.3. The molecular weight excluding hydrogens is 236 g/mol. The molecule has 0 aromatic carbocycles. The third-order valence-corrected chi connectivity index (χ3v) is 4.37. The maximum absolute atomic E-state index is 4.48. The van der Waals surface area contributed by atoms with E-state index in [9.17, 15) is 0 Å². The molecule has 4 heteroatoms. The van der Waals surface area contributed by atoms with Gasteiger partial charge in [0.25, 0.3) is 0 Å². The molecule has 0 saturated heterocycles. The van der Waals surface area contributed by atoms with Crippen LogP contribution in [0.2, 0.25) is 0 Å². The Balaban J connectivity index is 2.04. The van der Waals surface area contributed by atoms with Crippen LogP contribution in [0.1, 0.15) is 58.2 Å². The molecule has 2 rings (SSSR count). The van der Waals surface area contributed by atoms with E-state index in [1.807, 2.05) is 0 Å². The summed E-state index contributed by atoms with van der Waals surface area (Å²) < 4.78 is 2.05. The largest absolute Gasteiger partial charge is 0.316 e. The number of rotatable bonds is 7. The summed E-state index contributed by atoms with van der Waals surface area (Å²) in [4.78, 5) is 4.48. The highest BCUT2D eigenvalue weighted by molar-refractivity contribution is 4.96. The third-order valence-electron chi connectivity index (χ3n) is 4.37. The second-order valence-electron chi connectivity index (χ2n) is 5.91. The van der Waals surface area contributed by atoms with Crippen molar-refractivity contribution in [1.82, 2.24) is 20.1 Å². The number of hydrogen-bond donors (Lipinski definition) is 1. The maximum Gasteiger partial charge on any atom is 0.138 e. The van der Waals surface area contributed by atoms with Crippen molar-refractivity contribution in [3.63, 3.8) is 0 Å². The Morgan fingerprint density at radius 3 is 2.74 bits per heavy atom. The first kappa shape index (κ1) is 14.5. The van der Waals surface area contributed by atoms with Gasteiger partial charge in [0.1, 0.15) is 12.2 Å². The van der Waals surface area contributed by atoms with E-state index in [1.54, 1.807) is 6.33 Å². The van der Waals surface area contributed by atoms with Crippen molar-refractivity contribution in [2.24, 2.45) is 5.41 Å². The molecular formula is C15H28N4. The highest BCUT2D eigenvalue weighted by Crippen LogP contribution is 2.38. The van der Waals surface area contributed by atoms with E-state index in [4.69, 9.17) is 0 Å². The van der Waals surface area contributed by atoms with Gasteiger partial charge in [-0.3, -0.25) is 4.68 Å². The zero-order valence-electron chi connectivity index (χ0n) is 12.5. The number of nitrogens with zero attached hydrogens (tertiary/aromatic N) is 3. The second-order valence-corrected chi connectivity index (χ2v) is 5.91. The van der Waals surface area contributed by atoms with E-state index in [1.165, 1.54) is 44.3 Å². The molecule has 19 heavy (non-hydrogen) atoms. The summed E-state index contributed by atoms with van der Waals surface area (Å²) in [6.45, 7) is 7.56. The molecule has 0 spiro atoms. The SMILES string of the molecule is CCCNCC1(Cc2ncnn2CC)CCCCC1. The van der Waals surface area contributed by atoms with Gasteiger partial charge in [-0.05, 0) is 38.1 Å². The summed E-state index contributed by atoms with van der Waals surface area (Å²) in [5.41, 5.74) is 0.410. The van der Waals surface area contributed by atoms with Gasteiger partial charge in [0.2, 0.25) is 0 Å². The van der Waals surface area contributed by atoms with Gasteiger partial charge < -0.3 is 5.32 Å². The average Bonchev–Trinajstić information content (AvgIpc) is 2.87. The van der Waals surface area contributed by atoms with Crippen LogP contribution in [-0.4, -0.2) is 27.9 Å². The predicted octanol–water partition coefficient (Wildman–Crippen LogP) is 2.79. The van der Waals surface area contributed by atoms with Gasteiger partial charge in [0, 0.05) is 19.5 Å². The molecule has 1 aliphatic rings. The summed E-state index contributed by atoms with van der Waals surface area (Å²) >= 11 is 0. The summed E-state index contributed by atoms with van der Waals surface area (Å²) in [5, 5.41) is 7.95. The minimum Gasteiger partial charge on any atom is -0.316 e. The lowest BCUT2D eigenvalue weighted by Crippen LogP contribution is -2.39. The molecule has 108 valence electrons. The van der Waals surface area contributed by atoms with Crippen molar-refractivity contribution in [3.8, 4) is 0 Å². The van der Waals surface area contributed by atoms with Gasteiger partial charge in [0.15, 0.2) is 0 Å². The van der Waals surface area contributed by atoms with E-state index in [0.29, 0.717) is 5.41 Å². The molecule has 0 bridgehead atoms. The minimum atomic E-state index is 0.410. The van der Waals surface area contributed by atoms with E-state index < -0.39 is 0 Å². The molecule has 0 amide bonds. The van der Waals surface area contributed by atoms with Crippen LogP contribution >= 0.6 is 0 Å². The number of hydrogen-bond acceptors (Lipinski definition) is 3. The van der Waals surface area contributed by atoms with Crippen LogP contribution in [0.3, 0.4) is 0 Å². The zero-order chi connectivity index (χ0) is 13.6. The Labute approximate surface area is 117 Å². The fourth-order valence-corrected chi connectivity index (χ4v) is 3.27. The van der Waals surface area contributed by atoms with Crippen molar-refractivity contribution in [1.29, 1.82) is 0 Å². The fraction of sp³-hybridized carbons (Fsp3) is 0.867. The third kappa shape index (κ3) is 3.78. The van der Waals surface area contributed by atoms with Gasteiger partial charge in [-0.2, -0.15) is 5.10 Å². The van der Waals surface area contributed by atoms with Gasteiger partial charge >= 0.3 is 0 Å². The van der Waals surface area contributed by atoms with Crippen LogP contribution in [0.25, 0.3) is 0 Å².